The van der Waals surface area contributed by atoms with Crippen molar-refractivity contribution in [2.24, 2.45) is 0 Å². The van der Waals surface area contributed by atoms with Crippen LogP contribution in [0.5, 0.6) is 0 Å². The summed E-state index contributed by atoms with van der Waals surface area (Å²) in [6.07, 6.45) is 3.36. The lowest BCUT2D eigenvalue weighted by Crippen LogP contribution is -2.31. The summed E-state index contributed by atoms with van der Waals surface area (Å²) in [6.45, 7) is 5.38. The van der Waals surface area contributed by atoms with Gasteiger partial charge < -0.3 is 14.8 Å². The third-order valence-corrected chi connectivity index (χ3v) is 1.97. The fourth-order valence-electron chi connectivity index (χ4n) is 1.17. The molecular formula is C11H13NO4. The highest BCUT2D eigenvalue weighted by molar-refractivity contribution is 5.95. The standard InChI is InChI=1S/C11H13NO4/c1-3-4-7(2)12-10(13)9-5-8(6-16-9)11(14)15/h3,5-7H,1,4H2,2H3,(H,12,13)(H,14,15). The predicted octanol–water partition coefficient (Wildman–Crippen LogP) is 1.67. The molecule has 1 aromatic heterocycles. The molecule has 1 rings (SSSR count). The van der Waals surface area contributed by atoms with E-state index in [2.05, 4.69) is 11.9 Å². The first-order chi connectivity index (χ1) is 7.54. The number of nitrogens with one attached hydrogen (secondary N) is 1. The smallest absolute Gasteiger partial charge is 0.338 e. The number of carbonyl (C=O) groups excluding carboxylic acids is 1. The summed E-state index contributed by atoms with van der Waals surface area (Å²) in [7, 11) is 0. The summed E-state index contributed by atoms with van der Waals surface area (Å²) in [5, 5.41) is 11.3. The van der Waals surface area contributed by atoms with Gasteiger partial charge in [0.05, 0.1) is 5.56 Å². The molecule has 1 amide bonds. The van der Waals surface area contributed by atoms with E-state index in [4.69, 9.17) is 9.52 Å². The SMILES string of the molecule is C=CCC(C)NC(=O)c1cc(C(=O)O)co1. The maximum Gasteiger partial charge on any atom is 0.338 e. The maximum atomic E-state index is 11.5. The Kier molecular flexibility index (Phi) is 3.88. The van der Waals surface area contributed by atoms with Crippen molar-refractivity contribution in [1.82, 2.24) is 5.32 Å². The van der Waals surface area contributed by atoms with Crippen molar-refractivity contribution in [3.63, 3.8) is 0 Å². The molecule has 86 valence electrons. The van der Waals surface area contributed by atoms with E-state index in [0.29, 0.717) is 6.42 Å². The highest BCUT2D eigenvalue weighted by Crippen LogP contribution is 2.08. The minimum Gasteiger partial charge on any atom is -0.478 e. The first-order valence-corrected chi connectivity index (χ1v) is 4.78. The molecule has 0 aromatic carbocycles. The van der Waals surface area contributed by atoms with Crippen LogP contribution in [0.2, 0.25) is 0 Å². The van der Waals surface area contributed by atoms with E-state index < -0.39 is 11.9 Å². The number of carboxylic acids is 1. The topological polar surface area (TPSA) is 79.5 Å². The van der Waals surface area contributed by atoms with Gasteiger partial charge in [0.2, 0.25) is 0 Å². The van der Waals surface area contributed by atoms with Crippen molar-refractivity contribution in [3.8, 4) is 0 Å². The van der Waals surface area contributed by atoms with Crippen molar-refractivity contribution in [2.45, 2.75) is 19.4 Å². The van der Waals surface area contributed by atoms with Gasteiger partial charge in [-0.15, -0.1) is 6.58 Å². The Labute approximate surface area is 92.8 Å². The summed E-state index contributed by atoms with van der Waals surface area (Å²) < 4.78 is 4.85. The molecule has 2 N–H and O–H groups in total. The quantitative estimate of drug-likeness (QED) is 0.744. The molecule has 0 saturated carbocycles. The average molecular weight is 223 g/mol. The van der Waals surface area contributed by atoms with Gasteiger partial charge in [0.15, 0.2) is 5.76 Å². The van der Waals surface area contributed by atoms with Crippen LogP contribution in [-0.4, -0.2) is 23.0 Å². The van der Waals surface area contributed by atoms with Crippen LogP contribution in [0.3, 0.4) is 0 Å². The highest BCUT2D eigenvalue weighted by Gasteiger charge is 2.15. The molecule has 0 aliphatic rings. The van der Waals surface area contributed by atoms with Gasteiger partial charge in [-0.1, -0.05) is 6.08 Å². The van der Waals surface area contributed by atoms with Crippen LogP contribution in [0.25, 0.3) is 0 Å². The molecule has 0 saturated heterocycles. The molecule has 0 radical (unpaired) electrons. The molecule has 0 aliphatic heterocycles. The Bertz CT molecular complexity index is 408. The average Bonchev–Trinajstić information content (AvgIpc) is 2.66. The number of carboxylic acid groups (broad SMARTS) is 1. The first kappa shape index (κ1) is 12.0. The van der Waals surface area contributed by atoms with Crippen molar-refractivity contribution < 1.29 is 19.1 Å². The summed E-state index contributed by atoms with van der Waals surface area (Å²) in [5.41, 5.74) is -0.0403. The maximum absolute atomic E-state index is 11.5. The van der Waals surface area contributed by atoms with Crippen molar-refractivity contribution in [1.29, 1.82) is 0 Å². The second-order valence-electron chi connectivity index (χ2n) is 3.40. The third kappa shape index (κ3) is 2.98. The largest absolute Gasteiger partial charge is 0.478 e. The minimum atomic E-state index is -1.12. The van der Waals surface area contributed by atoms with E-state index >= 15 is 0 Å². The van der Waals surface area contributed by atoms with Crippen LogP contribution in [0, 0.1) is 0 Å². The van der Waals surface area contributed by atoms with Gasteiger partial charge in [0.1, 0.15) is 6.26 Å². The monoisotopic (exact) mass is 223 g/mol. The molecule has 0 bridgehead atoms. The van der Waals surface area contributed by atoms with Gasteiger partial charge in [-0.25, -0.2) is 4.79 Å². The van der Waals surface area contributed by atoms with E-state index in [-0.39, 0.29) is 17.4 Å². The second-order valence-corrected chi connectivity index (χ2v) is 3.40. The van der Waals surface area contributed by atoms with Crippen LogP contribution in [0.4, 0.5) is 0 Å². The van der Waals surface area contributed by atoms with Crippen LogP contribution in [-0.2, 0) is 0 Å². The van der Waals surface area contributed by atoms with E-state index in [1.54, 1.807) is 6.08 Å². The number of amides is 1. The first-order valence-electron chi connectivity index (χ1n) is 4.78. The summed E-state index contributed by atoms with van der Waals surface area (Å²) in [4.78, 5) is 22.1. The molecule has 1 unspecified atom stereocenters. The summed E-state index contributed by atoms with van der Waals surface area (Å²) in [5.74, 6) is -1.56. The van der Waals surface area contributed by atoms with Crippen LogP contribution in [0.1, 0.15) is 34.3 Å². The summed E-state index contributed by atoms with van der Waals surface area (Å²) >= 11 is 0. The lowest BCUT2D eigenvalue weighted by molar-refractivity contribution is 0.0695. The molecule has 16 heavy (non-hydrogen) atoms. The lowest BCUT2D eigenvalue weighted by atomic mass is 10.2. The van der Waals surface area contributed by atoms with Crippen molar-refractivity contribution in [3.05, 3.63) is 36.3 Å². The molecule has 1 atom stereocenters. The molecule has 0 spiro atoms. The lowest BCUT2D eigenvalue weighted by Gasteiger charge is -2.09. The Morgan fingerprint density at radius 3 is 2.88 bits per heavy atom. The fraction of sp³-hybridized carbons (Fsp3) is 0.273. The van der Waals surface area contributed by atoms with E-state index in [9.17, 15) is 9.59 Å². The van der Waals surface area contributed by atoms with Gasteiger partial charge >= 0.3 is 5.97 Å². The van der Waals surface area contributed by atoms with Crippen molar-refractivity contribution >= 4 is 11.9 Å². The zero-order valence-corrected chi connectivity index (χ0v) is 8.90. The number of carbonyl (C=O) groups is 2. The van der Waals surface area contributed by atoms with Gasteiger partial charge in [0.25, 0.3) is 5.91 Å². The highest BCUT2D eigenvalue weighted by atomic mass is 16.4. The van der Waals surface area contributed by atoms with Crippen molar-refractivity contribution in [2.75, 3.05) is 0 Å². The molecule has 0 aliphatic carbocycles. The van der Waals surface area contributed by atoms with Crippen LogP contribution < -0.4 is 5.32 Å². The molecule has 5 heteroatoms. The van der Waals surface area contributed by atoms with Gasteiger partial charge in [-0.3, -0.25) is 4.79 Å². The molecule has 0 fully saturated rings. The number of furan rings is 1. The van der Waals surface area contributed by atoms with E-state index in [1.165, 1.54) is 6.07 Å². The fourth-order valence-corrected chi connectivity index (χ4v) is 1.17. The second kappa shape index (κ2) is 5.16. The minimum absolute atomic E-state index is 0.00619. The number of hydrogen-bond acceptors (Lipinski definition) is 3. The molecule has 5 nitrogen and oxygen atoms in total. The van der Waals surface area contributed by atoms with Crippen LogP contribution >= 0.6 is 0 Å². The van der Waals surface area contributed by atoms with Crippen LogP contribution in [0.15, 0.2) is 29.4 Å². The van der Waals surface area contributed by atoms with Gasteiger partial charge in [-0.05, 0) is 13.3 Å². The van der Waals surface area contributed by atoms with E-state index in [0.717, 1.165) is 6.26 Å². The Morgan fingerprint density at radius 1 is 1.69 bits per heavy atom. The number of aromatic carboxylic acids is 1. The predicted molar refractivity (Wildman–Crippen MR) is 57.4 cm³/mol. The summed E-state index contributed by atoms with van der Waals surface area (Å²) in [6, 6.07) is 1.13. The van der Waals surface area contributed by atoms with Gasteiger partial charge in [0, 0.05) is 12.1 Å². The number of hydrogen-bond donors (Lipinski definition) is 2. The third-order valence-electron chi connectivity index (χ3n) is 1.97. The van der Waals surface area contributed by atoms with Gasteiger partial charge in [-0.2, -0.15) is 0 Å². The number of rotatable bonds is 5. The zero-order valence-electron chi connectivity index (χ0n) is 8.90. The van der Waals surface area contributed by atoms with E-state index in [1.807, 2.05) is 6.92 Å². The normalized spacial score (nSPS) is 11.8. The Hall–Kier alpha value is -2.04. The Balaban J connectivity index is 2.65. The molecule has 1 heterocycles. The molecule has 1 aromatic rings. The molecular weight excluding hydrogens is 210 g/mol. The Morgan fingerprint density at radius 2 is 2.38 bits per heavy atom. The zero-order chi connectivity index (χ0) is 12.1.